The lowest BCUT2D eigenvalue weighted by molar-refractivity contribution is 0.0947. The highest BCUT2D eigenvalue weighted by atomic mass is 16.5. The fourth-order valence-electron chi connectivity index (χ4n) is 1.70. The fourth-order valence-corrected chi connectivity index (χ4v) is 1.70. The van der Waals surface area contributed by atoms with Gasteiger partial charge in [-0.3, -0.25) is 4.79 Å². The molecule has 0 aliphatic heterocycles. The molecule has 0 aliphatic rings. The smallest absolute Gasteiger partial charge is 0.255 e. The topological polar surface area (TPSA) is 84.3 Å². The monoisotopic (exact) mass is 273 g/mol. The molecule has 0 aliphatic carbocycles. The minimum absolute atomic E-state index is 0.124. The van der Waals surface area contributed by atoms with Crippen LogP contribution < -0.4 is 10.1 Å². The van der Waals surface area contributed by atoms with Gasteiger partial charge in [-0.2, -0.15) is 0 Å². The summed E-state index contributed by atoms with van der Waals surface area (Å²) < 4.78 is 4.96. The minimum atomic E-state index is -0.374. The van der Waals surface area contributed by atoms with Crippen molar-refractivity contribution in [2.45, 2.75) is 13.5 Å². The van der Waals surface area contributed by atoms with E-state index >= 15 is 0 Å². The summed E-state index contributed by atoms with van der Waals surface area (Å²) in [7, 11) is 1.49. The first-order chi connectivity index (χ1) is 9.60. The van der Waals surface area contributed by atoms with Gasteiger partial charge in [0.25, 0.3) is 5.91 Å². The van der Waals surface area contributed by atoms with Gasteiger partial charge in [0.05, 0.1) is 24.9 Å². The molecule has 1 amide bonds. The molecular formula is C14H15N3O3. The number of hydrogen-bond donors (Lipinski definition) is 2. The first-order valence-corrected chi connectivity index (χ1v) is 6.04. The fraction of sp³-hybridized carbons (Fsp3) is 0.214. The van der Waals surface area contributed by atoms with E-state index in [2.05, 4.69) is 15.3 Å². The second-order valence-electron chi connectivity index (χ2n) is 4.16. The van der Waals surface area contributed by atoms with Crippen molar-refractivity contribution in [3.05, 3.63) is 47.5 Å². The van der Waals surface area contributed by atoms with Crippen LogP contribution in [0.3, 0.4) is 0 Å². The first kappa shape index (κ1) is 13.8. The summed E-state index contributed by atoms with van der Waals surface area (Å²) in [6.07, 6.45) is 1.63. The van der Waals surface area contributed by atoms with Gasteiger partial charge in [-0.1, -0.05) is 0 Å². The second kappa shape index (κ2) is 6.01. The third-order valence-corrected chi connectivity index (χ3v) is 2.71. The Morgan fingerprint density at radius 3 is 2.85 bits per heavy atom. The van der Waals surface area contributed by atoms with E-state index in [1.54, 1.807) is 25.3 Å². The van der Waals surface area contributed by atoms with Crippen LogP contribution in [0.4, 0.5) is 0 Å². The summed E-state index contributed by atoms with van der Waals surface area (Å²) in [6, 6.07) is 6.24. The lowest BCUT2D eigenvalue weighted by atomic mass is 10.1. The predicted octanol–water partition coefficient (Wildman–Crippen LogP) is 1.43. The Labute approximate surface area is 116 Å². The maximum absolute atomic E-state index is 12.0. The Morgan fingerprint density at radius 2 is 2.20 bits per heavy atom. The molecule has 20 heavy (non-hydrogen) atoms. The van der Waals surface area contributed by atoms with Crippen LogP contribution in [-0.2, 0) is 6.54 Å². The number of nitrogens with zero attached hydrogens (tertiary/aromatic N) is 2. The summed E-state index contributed by atoms with van der Waals surface area (Å²) in [4.78, 5) is 20.1. The average molecular weight is 273 g/mol. The molecule has 1 aromatic carbocycles. The first-order valence-electron chi connectivity index (χ1n) is 6.04. The second-order valence-corrected chi connectivity index (χ2v) is 4.16. The van der Waals surface area contributed by atoms with E-state index in [1.165, 1.54) is 19.2 Å². The quantitative estimate of drug-likeness (QED) is 0.880. The molecule has 6 nitrogen and oxygen atoms in total. The van der Waals surface area contributed by atoms with Crippen LogP contribution in [0, 0.1) is 6.92 Å². The highest BCUT2D eigenvalue weighted by Gasteiger charge is 2.11. The largest absolute Gasteiger partial charge is 0.507 e. The molecule has 0 spiro atoms. The van der Waals surface area contributed by atoms with Crippen molar-refractivity contribution in [2.24, 2.45) is 0 Å². The van der Waals surface area contributed by atoms with E-state index in [-0.39, 0.29) is 23.8 Å². The van der Waals surface area contributed by atoms with Crippen molar-refractivity contribution < 1.29 is 14.6 Å². The number of aromatic hydroxyl groups is 1. The number of nitrogens with one attached hydrogen (secondary N) is 1. The molecule has 0 fully saturated rings. The van der Waals surface area contributed by atoms with Gasteiger partial charge < -0.3 is 15.2 Å². The van der Waals surface area contributed by atoms with Gasteiger partial charge in [-0.15, -0.1) is 0 Å². The number of hydrogen-bond acceptors (Lipinski definition) is 5. The SMILES string of the molecule is COc1ccc(C(=O)NCc2ccnc(C)n2)c(O)c1. The molecule has 1 aromatic heterocycles. The number of ether oxygens (including phenoxy) is 1. The molecule has 2 rings (SSSR count). The molecule has 0 bridgehead atoms. The van der Waals surface area contributed by atoms with E-state index in [0.717, 1.165) is 0 Å². The van der Waals surface area contributed by atoms with Crippen molar-refractivity contribution in [3.63, 3.8) is 0 Å². The maximum Gasteiger partial charge on any atom is 0.255 e. The van der Waals surface area contributed by atoms with Gasteiger partial charge in [0.15, 0.2) is 0 Å². The molecule has 0 saturated carbocycles. The van der Waals surface area contributed by atoms with Gasteiger partial charge in [-0.25, -0.2) is 9.97 Å². The average Bonchev–Trinajstić information content (AvgIpc) is 2.44. The molecule has 2 N–H and O–H groups in total. The number of rotatable bonds is 4. The van der Waals surface area contributed by atoms with Crippen LogP contribution in [0.5, 0.6) is 11.5 Å². The van der Waals surface area contributed by atoms with E-state index in [4.69, 9.17) is 4.74 Å². The van der Waals surface area contributed by atoms with E-state index in [9.17, 15) is 9.90 Å². The maximum atomic E-state index is 12.0. The van der Waals surface area contributed by atoms with Crippen molar-refractivity contribution in [3.8, 4) is 11.5 Å². The lowest BCUT2D eigenvalue weighted by Gasteiger charge is -2.08. The Hall–Kier alpha value is -2.63. The van der Waals surface area contributed by atoms with Crippen molar-refractivity contribution >= 4 is 5.91 Å². The molecule has 2 aromatic rings. The zero-order chi connectivity index (χ0) is 14.5. The Kier molecular flexibility index (Phi) is 4.14. The van der Waals surface area contributed by atoms with Gasteiger partial charge in [-0.05, 0) is 25.1 Å². The standard InChI is InChI=1S/C14H15N3O3/c1-9-15-6-5-10(17-9)8-16-14(19)12-4-3-11(20-2)7-13(12)18/h3-7,18H,8H2,1-2H3,(H,16,19). The van der Waals surface area contributed by atoms with Crippen LogP contribution in [-0.4, -0.2) is 28.1 Å². The Balaban J connectivity index is 2.05. The number of amides is 1. The number of aryl methyl sites for hydroxylation is 1. The lowest BCUT2D eigenvalue weighted by Crippen LogP contribution is -2.23. The summed E-state index contributed by atoms with van der Waals surface area (Å²) in [5.74, 6) is 0.636. The van der Waals surface area contributed by atoms with Crippen molar-refractivity contribution in [2.75, 3.05) is 7.11 Å². The zero-order valence-electron chi connectivity index (χ0n) is 11.3. The molecule has 1 heterocycles. The number of carbonyl (C=O) groups excluding carboxylic acids is 1. The number of phenolic OH excluding ortho intramolecular Hbond substituents is 1. The summed E-state index contributed by atoms with van der Waals surface area (Å²) >= 11 is 0. The highest BCUT2D eigenvalue weighted by molar-refractivity contribution is 5.96. The number of carbonyl (C=O) groups is 1. The minimum Gasteiger partial charge on any atom is -0.507 e. The number of methoxy groups -OCH3 is 1. The number of aromatic nitrogens is 2. The van der Waals surface area contributed by atoms with Crippen LogP contribution >= 0.6 is 0 Å². The number of phenols is 1. The van der Waals surface area contributed by atoms with E-state index < -0.39 is 0 Å². The van der Waals surface area contributed by atoms with Crippen molar-refractivity contribution in [1.29, 1.82) is 0 Å². The van der Waals surface area contributed by atoms with Crippen LogP contribution in [0.25, 0.3) is 0 Å². The summed E-state index contributed by atoms with van der Waals surface area (Å²) in [5, 5.41) is 12.5. The Morgan fingerprint density at radius 1 is 1.40 bits per heavy atom. The molecule has 0 radical (unpaired) electrons. The highest BCUT2D eigenvalue weighted by Crippen LogP contribution is 2.23. The summed E-state index contributed by atoms with van der Waals surface area (Å²) in [5.41, 5.74) is 0.899. The molecule has 6 heteroatoms. The van der Waals surface area contributed by atoms with Crippen LogP contribution in [0.1, 0.15) is 21.9 Å². The van der Waals surface area contributed by atoms with Gasteiger partial charge >= 0.3 is 0 Å². The predicted molar refractivity (Wildman–Crippen MR) is 72.6 cm³/mol. The third kappa shape index (κ3) is 3.23. The normalized spacial score (nSPS) is 10.1. The van der Waals surface area contributed by atoms with E-state index in [0.29, 0.717) is 17.3 Å². The molecular weight excluding hydrogens is 258 g/mol. The Bertz CT molecular complexity index is 629. The zero-order valence-corrected chi connectivity index (χ0v) is 11.3. The summed E-state index contributed by atoms with van der Waals surface area (Å²) in [6.45, 7) is 2.05. The van der Waals surface area contributed by atoms with Crippen LogP contribution in [0.2, 0.25) is 0 Å². The molecule has 104 valence electrons. The third-order valence-electron chi connectivity index (χ3n) is 2.71. The molecule has 0 unspecified atom stereocenters. The van der Waals surface area contributed by atoms with Crippen LogP contribution in [0.15, 0.2) is 30.5 Å². The molecule has 0 saturated heterocycles. The van der Waals surface area contributed by atoms with Crippen molar-refractivity contribution in [1.82, 2.24) is 15.3 Å². The number of benzene rings is 1. The van der Waals surface area contributed by atoms with Gasteiger partial charge in [0.1, 0.15) is 17.3 Å². The molecule has 0 atom stereocenters. The van der Waals surface area contributed by atoms with Gasteiger partial charge in [0.2, 0.25) is 0 Å². The van der Waals surface area contributed by atoms with Gasteiger partial charge in [0, 0.05) is 12.3 Å². The van der Waals surface area contributed by atoms with E-state index in [1.807, 2.05) is 0 Å².